The first-order chi connectivity index (χ1) is 16.4. The maximum Gasteiger partial charge on any atom is 0.311 e. The van der Waals surface area contributed by atoms with E-state index in [1.165, 1.54) is 18.2 Å². The van der Waals surface area contributed by atoms with E-state index in [9.17, 15) is 14.9 Å². The van der Waals surface area contributed by atoms with Gasteiger partial charge in [0.25, 0.3) is 5.91 Å². The van der Waals surface area contributed by atoms with Crippen LogP contribution in [0.1, 0.15) is 22.8 Å². The Balaban J connectivity index is 1.46. The van der Waals surface area contributed by atoms with Crippen LogP contribution in [0, 0.1) is 17.0 Å². The van der Waals surface area contributed by atoms with E-state index in [0.29, 0.717) is 0 Å². The Kier molecular flexibility index (Phi) is 6.80. The van der Waals surface area contributed by atoms with Crippen LogP contribution < -0.4 is 15.4 Å². The molecule has 10 heteroatoms. The maximum absolute atomic E-state index is 12.6. The SMILES string of the molecule is CCOc1ccc(C(=O)NC(=S)Nc2ccc(-c3nc4ccccc4s3)cc2C)cc1[N+](=O)[O-]. The molecule has 0 bridgehead atoms. The predicted octanol–water partition coefficient (Wildman–Crippen LogP) is 5.71. The third-order valence-electron chi connectivity index (χ3n) is 4.96. The molecule has 0 spiro atoms. The minimum absolute atomic E-state index is 0.0809. The zero-order valence-electron chi connectivity index (χ0n) is 18.3. The number of ether oxygens (including phenoxy) is 1. The van der Waals surface area contributed by atoms with E-state index in [1.807, 2.05) is 49.4 Å². The number of benzene rings is 3. The fourth-order valence-electron chi connectivity index (χ4n) is 3.34. The molecule has 0 aliphatic heterocycles. The number of carbonyl (C=O) groups excluding carboxylic acids is 1. The van der Waals surface area contributed by atoms with Crippen LogP contribution in [-0.4, -0.2) is 27.5 Å². The summed E-state index contributed by atoms with van der Waals surface area (Å²) in [6.07, 6.45) is 0. The fraction of sp³-hybridized carbons (Fsp3) is 0.125. The van der Waals surface area contributed by atoms with Crippen molar-refractivity contribution in [3.63, 3.8) is 0 Å². The standard InChI is InChI=1S/C24H20N4O4S2/c1-3-32-20-11-9-15(13-19(20)28(30)31)22(29)27-24(33)26-17-10-8-16(12-14(17)2)23-25-18-6-4-5-7-21(18)34-23/h4-13H,3H2,1-2H3,(H2,26,27,29,33). The van der Waals surface area contributed by atoms with Gasteiger partial charge < -0.3 is 10.1 Å². The summed E-state index contributed by atoms with van der Waals surface area (Å²) in [4.78, 5) is 28.0. The van der Waals surface area contributed by atoms with Gasteiger partial charge in [0, 0.05) is 22.9 Å². The van der Waals surface area contributed by atoms with Crippen molar-refractivity contribution in [1.29, 1.82) is 0 Å². The summed E-state index contributed by atoms with van der Waals surface area (Å²) >= 11 is 6.90. The second-order valence-corrected chi connectivity index (χ2v) is 8.74. The van der Waals surface area contributed by atoms with Crippen LogP contribution in [0.2, 0.25) is 0 Å². The number of nitro benzene ring substituents is 1. The number of para-hydroxylation sites is 1. The molecule has 3 aromatic carbocycles. The lowest BCUT2D eigenvalue weighted by atomic mass is 10.1. The molecule has 172 valence electrons. The molecule has 2 N–H and O–H groups in total. The quantitative estimate of drug-likeness (QED) is 0.202. The van der Waals surface area contributed by atoms with E-state index in [1.54, 1.807) is 18.3 Å². The summed E-state index contributed by atoms with van der Waals surface area (Å²) in [7, 11) is 0. The molecular formula is C24H20N4O4S2. The summed E-state index contributed by atoms with van der Waals surface area (Å²) in [5.74, 6) is -0.457. The number of fused-ring (bicyclic) bond motifs is 1. The van der Waals surface area contributed by atoms with Gasteiger partial charge in [-0.2, -0.15) is 0 Å². The van der Waals surface area contributed by atoms with Gasteiger partial charge in [-0.15, -0.1) is 11.3 Å². The summed E-state index contributed by atoms with van der Waals surface area (Å²) in [6, 6.07) is 17.8. The third-order valence-corrected chi connectivity index (χ3v) is 6.25. The second-order valence-electron chi connectivity index (χ2n) is 7.30. The van der Waals surface area contributed by atoms with Crippen LogP contribution in [0.3, 0.4) is 0 Å². The smallest absolute Gasteiger partial charge is 0.311 e. The molecule has 0 fully saturated rings. The van der Waals surface area contributed by atoms with Gasteiger partial charge in [0.05, 0.1) is 21.7 Å². The van der Waals surface area contributed by atoms with E-state index in [2.05, 4.69) is 15.6 Å². The van der Waals surface area contributed by atoms with Gasteiger partial charge in [0.1, 0.15) is 5.01 Å². The number of aryl methyl sites for hydroxylation is 1. The molecule has 0 radical (unpaired) electrons. The van der Waals surface area contributed by atoms with Crippen LogP contribution in [0.15, 0.2) is 60.7 Å². The number of carbonyl (C=O) groups is 1. The van der Waals surface area contributed by atoms with E-state index < -0.39 is 10.8 Å². The van der Waals surface area contributed by atoms with Crippen LogP contribution >= 0.6 is 23.6 Å². The average molecular weight is 493 g/mol. The fourth-order valence-corrected chi connectivity index (χ4v) is 4.50. The third kappa shape index (κ3) is 5.03. The molecule has 34 heavy (non-hydrogen) atoms. The minimum Gasteiger partial charge on any atom is -0.487 e. The van der Waals surface area contributed by atoms with Gasteiger partial charge in [-0.3, -0.25) is 20.2 Å². The summed E-state index contributed by atoms with van der Waals surface area (Å²) in [5, 5.41) is 17.9. The summed E-state index contributed by atoms with van der Waals surface area (Å²) in [5.41, 5.74) is 3.41. The van der Waals surface area contributed by atoms with Gasteiger partial charge in [-0.25, -0.2) is 4.98 Å². The Morgan fingerprint density at radius 2 is 1.97 bits per heavy atom. The molecular weight excluding hydrogens is 472 g/mol. The predicted molar refractivity (Wildman–Crippen MR) is 138 cm³/mol. The first-order valence-corrected chi connectivity index (χ1v) is 11.6. The first-order valence-electron chi connectivity index (χ1n) is 10.4. The molecule has 0 aliphatic rings. The number of thiazole rings is 1. The van der Waals surface area contributed by atoms with Gasteiger partial charge in [-0.05, 0) is 74.1 Å². The Labute approximate surface area is 204 Å². The topological polar surface area (TPSA) is 106 Å². The Bertz CT molecular complexity index is 1380. The molecule has 4 rings (SSSR count). The van der Waals surface area contributed by atoms with Crippen molar-refractivity contribution in [2.24, 2.45) is 0 Å². The minimum atomic E-state index is -0.589. The average Bonchev–Trinajstić information content (AvgIpc) is 3.25. The molecule has 0 aliphatic carbocycles. The van der Waals surface area contributed by atoms with Crippen LogP contribution in [0.4, 0.5) is 11.4 Å². The molecule has 0 atom stereocenters. The highest BCUT2D eigenvalue weighted by atomic mass is 32.1. The summed E-state index contributed by atoms with van der Waals surface area (Å²) in [6.45, 7) is 3.93. The van der Waals surface area contributed by atoms with Gasteiger partial charge in [0.2, 0.25) is 0 Å². The van der Waals surface area contributed by atoms with Gasteiger partial charge in [-0.1, -0.05) is 12.1 Å². The molecule has 1 amide bonds. The molecule has 0 unspecified atom stereocenters. The zero-order chi connectivity index (χ0) is 24.2. The highest BCUT2D eigenvalue weighted by molar-refractivity contribution is 7.80. The number of hydrogen-bond donors (Lipinski definition) is 2. The number of amides is 1. The lowest BCUT2D eigenvalue weighted by molar-refractivity contribution is -0.385. The molecule has 8 nitrogen and oxygen atoms in total. The van der Waals surface area contributed by atoms with Crippen LogP contribution in [0.5, 0.6) is 5.75 Å². The molecule has 1 aromatic heterocycles. The number of anilines is 1. The van der Waals surface area contributed by atoms with Gasteiger partial charge in [0.15, 0.2) is 10.9 Å². The summed E-state index contributed by atoms with van der Waals surface area (Å²) < 4.78 is 6.37. The van der Waals surface area contributed by atoms with E-state index in [-0.39, 0.29) is 28.7 Å². The molecule has 4 aromatic rings. The number of rotatable bonds is 6. The van der Waals surface area contributed by atoms with Gasteiger partial charge >= 0.3 is 5.69 Å². The molecule has 0 saturated carbocycles. The Hall–Kier alpha value is -3.89. The number of aromatic nitrogens is 1. The maximum atomic E-state index is 12.6. The molecule has 0 saturated heterocycles. The van der Waals surface area contributed by atoms with Crippen molar-refractivity contribution in [2.75, 3.05) is 11.9 Å². The van der Waals surface area contributed by atoms with Crippen molar-refractivity contribution in [3.05, 3.63) is 81.9 Å². The number of thiocarbonyl (C=S) groups is 1. The van der Waals surface area contributed by atoms with E-state index >= 15 is 0 Å². The van der Waals surface area contributed by atoms with Crippen molar-refractivity contribution in [3.8, 4) is 16.3 Å². The number of nitro groups is 1. The van der Waals surface area contributed by atoms with Crippen molar-refractivity contribution < 1.29 is 14.5 Å². The number of hydrogen-bond acceptors (Lipinski definition) is 7. The molecule has 1 heterocycles. The Morgan fingerprint density at radius 1 is 1.18 bits per heavy atom. The number of nitrogens with zero attached hydrogens (tertiary/aromatic N) is 2. The first kappa shape index (κ1) is 23.3. The van der Waals surface area contributed by atoms with Crippen LogP contribution in [0.25, 0.3) is 20.8 Å². The lowest BCUT2D eigenvalue weighted by Gasteiger charge is -2.13. The monoisotopic (exact) mass is 492 g/mol. The largest absolute Gasteiger partial charge is 0.487 e. The Morgan fingerprint density at radius 3 is 2.68 bits per heavy atom. The van der Waals surface area contributed by atoms with Crippen molar-refractivity contribution in [2.45, 2.75) is 13.8 Å². The normalized spacial score (nSPS) is 10.6. The highest BCUT2D eigenvalue weighted by Gasteiger charge is 2.19. The van der Waals surface area contributed by atoms with Crippen LogP contribution in [-0.2, 0) is 0 Å². The van der Waals surface area contributed by atoms with E-state index in [4.69, 9.17) is 17.0 Å². The lowest BCUT2D eigenvalue weighted by Crippen LogP contribution is -2.34. The van der Waals surface area contributed by atoms with Crippen molar-refractivity contribution in [1.82, 2.24) is 10.3 Å². The van der Waals surface area contributed by atoms with E-state index in [0.717, 1.165) is 32.0 Å². The highest BCUT2D eigenvalue weighted by Crippen LogP contribution is 2.32. The second kappa shape index (κ2) is 9.94. The van der Waals surface area contributed by atoms with Crippen molar-refractivity contribution >= 4 is 56.2 Å². The zero-order valence-corrected chi connectivity index (χ0v) is 20.0. The number of nitrogens with one attached hydrogen (secondary N) is 2.